The Morgan fingerprint density at radius 1 is 1.04 bits per heavy atom. The Labute approximate surface area is 154 Å². The summed E-state index contributed by atoms with van der Waals surface area (Å²) >= 11 is 0. The van der Waals surface area contributed by atoms with Crippen molar-refractivity contribution in [3.8, 4) is 0 Å². The smallest absolute Gasteiger partial charge is 0.321 e. The number of carbonyl (C=O) groups is 2. The van der Waals surface area contributed by atoms with Crippen LogP contribution < -0.4 is 4.72 Å². The monoisotopic (exact) mass is 382 g/mol. The molecule has 7 nitrogen and oxygen atoms in total. The van der Waals surface area contributed by atoms with Crippen molar-refractivity contribution in [1.82, 2.24) is 9.62 Å². The first-order valence-corrected chi connectivity index (χ1v) is 10.4. The van der Waals surface area contributed by atoms with Crippen LogP contribution in [0.15, 0.2) is 29.2 Å². The summed E-state index contributed by atoms with van der Waals surface area (Å²) in [5.41, 5.74) is 0.936. The highest BCUT2D eigenvalue weighted by atomic mass is 32.2. The maximum Gasteiger partial charge on any atom is 0.321 e. The number of ether oxygens (including phenoxy) is 1. The second kappa shape index (κ2) is 9.68. The molecule has 1 aromatic rings. The number of nitrogens with zero attached hydrogens (tertiary/aromatic N) is 1. The number of rotatable bonds is 6. The highest BCUT2D eigenvalue weighted by Gasteiger charge is 2.19. The molecule has 0 unspecified atom stereocenters. The molecule has 144 valence electrons. The molecule has 1 heterocycles. The van der Waals surface area contributed by atoms with Crippen LogP contribution in [0.1, 0.15) is 37.7 Å². The van der Waals surface area contributed by atoms with E-state index in [-0.39, 0.29) is 17.4 Å². The van der Waals surface area contributed by atoms with Gasteiger partial charge < -0.3 is 9.64 Å². The molecule has 0 radical (unpaired) electrons. The van der Waals surface area contributed by atoms with E-state index in [4.69, 9.17) is 4.74 Å². The largest absolute Gasteiger partial charge is 0.455 e. The number of carbonyl (C=O) groups excluding carboxylic acids is 2. The van der Waals surface area contributed by atoms with Crippen LogP contribution in [0.25, 0.3) is 0 Å². The first kappa shape index (κ1) is 20.4. The van der Waals surface area contributed by atoms with E-state index in [1.807, 2.05) is 6.92 Å². The predicted molar refractivity (Wildman–Crippen MR) is 97.0 cm³/mol. The van der Waals surface area contributed by atoms with Crippen LogP contribution in [0.4, 0.5) is 0 Å². The van der Waals surface area contributed by atoms with E-state index in [2.05, 4.69) is 4.72 Å². The summed E-state index contributed by atoms with van der Waals surface area (Å²) in [4.78, 5) is 25.7. The van der Waals surface area contributed by atoms with E-state index in [1.54, 1.807) is 17.0 Å². The third-order valence-corrected chi connectivity index (χ3v) is 5.72. The summed E-state index contributed by atoms with van der Waals surface area (Å²) in [7, 11) is -3.79. The van der Waals surface area contributed by atoms with Crippen molar-refractivity contribution in [3.63, 3.8) is 0 Å². The van der Waals surface area contributed by atoms with Crippen molar-refractivity contribution in [2.45, 2.75) is 43.9 Å². The molecule has 1 aliphatic heterocycles. The second-order valence-corrected chi connectivity index (χ2v) is 8.21. The van der Waals surface area contributed by atoms with E-state index in [0.29, 0.717) is 13.1 Å². The van der Waals surface area contributed by atoms with E-state index in [9.17, 15) is 18.0 Å². The third-order valence-electron chi connectivity index (χ3n) is 4.30. The fourth-order valence-corrected chi connectivity index (χ4v) is 3.71. The van der Waals surface area contributed by atoms with Crippen LogP contribution in [-0.2, 0) is 24.3 Å². The fourth-order valence-electron chi connectivity index (χ4n) is 2.74. The Kier molecular flexibility index (Phi) is 7.59. The lowest BCUT2D eigenvalue weighted by atomic mass is 10.1. The molecule has 0 aromatic heterocycles. The van der Waals surface area contributed by atoms with Gasteiger partial charge in [-0.15, -0.1) is 0 Å². The van der Waals surface area contributed by atoms with Gasteiger partial charge in [-0.3, -0.25) is 9.59 Å². The number of likely N-dealkylation sites (tertiary alicyclic amines) is 1. The normalized spacial score (nSPS) is 15.8. The highest BCUT2D eigenvalue weighted by Crippen LogP contribution is 2.11. The Hall–Kier alpha value is -1.93. The van der Waals surface area contributed by atoms with Crippen LogP contribution in [0.5, 0.6) is 0 Å². The Bertz CT molecular complexity index is 708. The lowest BCUT2D eigenvalue weighted by molar-refractivity contribution is -0.151. The number of hydrogen-bond acceptors (Lipinski definition) is 5. The van der Waals surface area contributed by atoms with E-state index < -0.39 is 22.5 Å². The van der Waals surface area contributed by atoms with Crippen LogP contribution in [0, 0.1) is 6.92 Å². The third kappa shape index (κ3) is 6.42. The Balaban J connectivity index is 1.77. The van der Waals surface area contributed by atoms with Gasteiger partial charge in [-0.1, -0.05) is 37.0 Å². The highest BCUT2D eigenvalue weighted by molar-refractivity contribution is 7.89. The molecule has 26 heavy (non-hydrogen) atoms. The zero-order chi connectivity index (χ0) is 19.0. The zero-order valence-electron chi connectivity index (χ0n) is 15.1. The maximum atomic E-state index is 12.1. The standard InChI is InChI=1S/C18H26N2O5S/c1-15-7-9-16(10-8-15)26(23,24)19-13-18(22)25-14-17(21)20-11-5-3-2-4-6-12-20/h7-10,19H,2-6,11-14H2,1H3. The molecule has 2 rings (SSSR count). The Morgan fingerprint density at radius 3 is 2.23 bits per heavy atom. The number of nitrogens with one attached hydrogen (secondary N) is 1. The molecule has 1 aromatic carbocycles. The van der Waals surface area contributed by atoms with Crippen molar-refractivity contribution >= 4 is 21.9 Å². The summed E-state index contributed by atoms with van der Waals surface area (Å²) in [6.07, 6.45) is 5.30. The SMILES string of the molecule is Cc1ccc(S(=O)(=O)NCC(=O)OCC(=O)N2CCCCCCC2)cc1. The summed E-state index contributed by atoms with van der Waals surface area (Å²) in [5, 5.41) is 0. The van der Waals surface area contributed by atoms with Gasteiger partial charge >= 0.3 is 5.97 Å². The van der Waals surface area contributed by atoms with Crippen LogP contribution in [-0.4, -0.2) is 51.4 Å². The quantitative estimate of drug-likeness (QED) is 0.755. The minimum absolute atomic E-state index is 0.0765. The number of amides is 1. The zero-order valence-corrected chi connectivity index (χ0v) is 15.9. The van der Waals surface area contributed by atoms with E-state index >= 15 is 0 Å². The minimum atomic E-state index is -3.79. The van der Waals surface area contributed by atoms with Gasteiger partial charge in [-0.2, -0.15) is 4.72 Å². The maximum absolute atomic E-state index is 12.1. The van der Waals surface area contributed by atoms with E-state index in [1.165, 1.54) is 18.6 Å². The van der Waals surface area contributed by atoms with Crippen molar-refractivity contribution in [1.29, 1.82) is 0 Å². The van der Waals surface area contributed by atoms with Gasteiger partial charge in [0.25, 0.3) is 5.91 Å². The molecule has 0 bridgehead atoms. The summed E-state index contributed by atoms with van der Waals surface area (Å²) in [5.74, 6) is -1.01. The molecule has 0 saturated carbocycles. The van der Waals surface area contributed by atoms with Gasteiger partial charge in [-0.25, -0.2) is 8.42 Å². The molecule has 0 atom stereocenters. The average molecular weight is 382 g/mol. The lowest BCUT2D eigenvalue weighted by Crippen LogP contribution is -2.38. The molecule has 1 amide bonds. The van der Waals surface area contributed by atoms with Gasteiger partial charge in [0, 0.05) is 13.1 Å². The topological polar surface area (TPSA) is 92.8 Å². The van der Waals surface area contributed by atoms with Crippen molar-refractivity contribution in [2.24, 2.45) is 0 Å². The molecule has 0 spiro atoms. The lowest BCUT2D eigenvalue weighted by Gasteiger charge is -2.24. The average Bonchev–Trinajstić information content (AvgIpc) is 2.58. The molecule has 1 fully saturated rings. The number of aryl methyl sites for hydroxylation is 1. The first-order chi connectivity index (χ1) is 12.4. The van der Waals surface area contributed by atoms with Gasteiger partial charge in [0.15, 0.2) is 6.61 Å². The number of sulfonamides is 1. The minimum Gasteiger partial charge on any atom is -0.455 e. The summed E-state index contributed by atoms with van der Waals surface area (Å²) < 4.78 is 31.3. The van der Waals surface area contributed by atoms with Gasteiger partial charge in [0.1, 0.15) is 6.54 Å². The summed E-state index contributed by atoms with van der Waals surface area (Å²) in [6.45, 7) is 2.34. The number of esters is 1. The first-order valence-electron chi connectivity index (χ1n) is 8.88. The molecule has 0 aliphatic carbocycles. The van der Waals surface area contributed by atoms with Crippen LogP contribution in [0.2, 0.25) is 0 Å². The predicted octanol–water partition coefficient (Wildman–Crippen LogP) is 1.61. The van der Waals surface area contributed by atoms with E-state index in [0.717, 1.165) is 31.2 Å². The van der Waals surface area contributed by atoms with Gasteiger partial charge in [0.2, 0.25) is 10.0 Å². The molecular weight excluding hydrogens is 356 g/mol. The molecule has 1 aliphatic rings. The van der Waals surface area contributed by atoms with Crippen molar-refractivity contribution in [2.75, 3.05) is 26.2 Å². The number of benzene rings is 1. The molecule has 1 N–H and O–H groups in total. The van der Waals surface area contributed by atoms with Gasteiger partial charge in [-0.05, 0) is 31.9 Å². The molecule has 8 heteroatoms. The number of hydrogen-bond donors (Lipinski definition) is 1. The summed E-state index contributed by atoms with van der Waals surface area (Å²) in [6, 6.07) is 6.28. The van der Waals surface area contributed by atoms with Crippen LogP contribution in [0.3, 0.4) is 0 Å². The molecule has 1 saturated heterocycles. The Morgan fingerprint density at radius 2 is 1.62 bits per heavy atom. The fraction of sp³-hybridized carbons (Fsp3) is 0.556. The van der Waals surface area contributed by atoms with Gasteiger partial charge in [0.05, 0.1) is 4.90 Å². The molecular formula is C18H26N2O5S. The van der Waals surface area contributed by atoms with Crippen LogP contribution >= 0.6 is 0 Å². The van der Waals surface area contributed by atoms with Crippen molar-refractivity contribution < 1.29 is 22.7 Å². The second-order valence-electron chi connectivity index (χ2n) is 6.45. The van der Waals surface area contributed by atoms with Crippen molar-refractivity contribution in [3.05, 3.63) is 29.8 Å².